The van der Waals surface area contributed by atoms with Crippen LogP contribution in [0.3, 0.4) is 0 Å². The quantitative estimate of drug-likeness (QED) is 0.197. The van der Waals surface area contributed by atoms with E-state index in [4.69, 9.17) is 15.7 Å². The molecule has 0 heterocycles. The maximum atomic E-state index is 6.56. The van der Waals surface area contributed by atoms with Crippen LogP contribution in [0, 0.1) is 6.92 Å². The Morgan fingerprint density at radius 3 is 1.81 bits per heavy atom. The lowest BCUT2D eigenvalue weighted by Gasteiger charge is -2.09. The summed E-state index contributed by atoms with van der Waals surface area (Å²) < 4.78 is 0. The number of hydrogen-bond acceptors (Lipinski definition) is 1. The van der Waals surface area contributed by atoms with E-state index in [1.807, 2.05) is 48.5 Å². The zero-order valence-electron chi connectivity index (χ0n) is 20.9. The number of benzene rings is 5. The number of aliphatic imine (C=N–C) groups is 2. The highest BCUT2D eigenvalue weighted by molar-refractivity contribution is 6.11. The Hall–Kier alpha value is -4.76. The molecule has 0 amide bonds. The fraction of sp³-hybridized carbons (Fsp3) is 0.0588. The van der Waals surface area contributed by atoms with E-state index in [-0.39, 0.29) is 0 Å². The summed E-state index contributed by atoms with van der Waals surface area (Å²) in [6.07, 6.45) is 0. The zero-order valence-corrected chi connectivity index (χ0v) is 20.9. The Morgan fingerprint density at radius 1 is 0.568 bits per heavy atom. The molecule has 0 aliphatic carbocycles. The van der Waals surface area contributed by atoms with Gasteiger partial charge in [0, 0.05) is 11.1 Å². The average Bonchev–Trinajstić information content (AvgIpc) is 2.96. The van der Waals surface area contributed by atoms with Crippen LogP contribution >= 0.6 is 0 Å². The van der Waals surface area contributed by atoms with E-state index in [1.54, 1.807) is 0 Å². The minimum atomic E-state index is 0.441. The minimum absolute atomic E-state index is 0.441. The van der Waals surface area contributed by atoms with Gasteiger partial charge in [0.05, 0.1) is 6.54 Å². The van der Waals surface area contributed by atoms with Gasteiger partial charge in [-0.25, -0.2) is 4.99 Å². The summed E-state index contributed by atoms with van der Waals surface area (Å²) >= 11 is 0. The topological polar surface area (TPSA) is 50.7 Å². The van der Waals surface area contributed by atoms with E-state index < -0.39 is 0 Å². The molecular weight excluding hydrogens is 450 g/mol. The fourth-order valence-corrected chi connectivity index (χ4v) is 4.29. The molecule has 0 radical (unpaired) electrons. The smallest absolute Gasteiger partial charge is 0.157 e. The Bertz CT molecular complexity index is 1550. The van der Waals surface area contributed by atoms with E-state index in [0.29, 0.717) is 18.2 Å². The molecule has 5 rings (SSSR count). The van der Waals surface area contributed by atoms with Crippen molar-refractivity contribution in [1.29, 1.82) is 0 Å². The molecule has 0 saturated carbocycles. The Labute approximate surface area is 218 Å². The molecule has 5 aromatic carbocycles. The highest BCUT2D eigenvalue weighted by Gasteiger charge is 2.08. The number of aryl methyl sites for hydroxylation is 1. The maximum absolute atomic E-state index is 6.56. The van der Waals surface area contributed by atoms with E-state index in [2.05, 4.69) is 91.9 Å². The van der Waals surface area contributed by atoms with Crippen LogP contribution in [-0.2, 0) is 6.54 Å². The molecule has 0 saturated heterocycles. The Morgan fingerprint density at radius 2 is 1.14 bits per heavy atom. The summed E-state index contributed by atoms with van der Waals surface area (Å²) in [5.74, 6) is 1.06. The lowest BCUT2D eigenvalue weighted by Crippen LogP contribution is -2.16. The van der Waals surface area contributed by atoms with Crippen molar-refractivity contribution in [1.82, 2.24) is 0 Å². The predicted octanol–water partition coefficient (Wildman–Crippen LogP) is 7.68. The third-order valence-electron chi connectivity index (χ3n) is 6.21. The molecule has 2 N–H and O–H groups in total. The van der Waals surface area contributed by atoms with Gasteiger partial charge < -0.3 is 5.73 Å². The molecule has 0 aliphatic rings. The van der Waals surface area contributed by atoms with Crippen LogP contribution in [0.4, 0.5) is 0 Å². The van der Waals surface area contributed by atoms with Gasteiger partial charge in [-0.05, 0) is 52.9 Å². The Balaban J connectivity index is 1.48. The minimum Gasteiger partial charge on any atom is -0.383 e. The van der Waals surface area contributed by atoms with Crippen molar-refractivity contribution in [3.63, 3.8) is 0 Å². The second-order valence-electron chi connectivity index (χ2n) is 9.02. The van der Waals surface area contributed by atoms with Crippen molar-refractivity contribution in [3.05, 3.63) is 156 Å². The van der Waals surface area contributed by atoms with Crippen molar-refractivity contribution in [2.75, 3.05) is 0 Å². The van der Waals surface area contributed by atoms with Gasteiger partial charge in [0.15, 0.2) is 5.84 Å². The summed E-state index contributed by atoms with van der Waals surface area (Å²) in [6.45, 7) is 2.58. The fourth-order valence-electron chi connectivity index (χ4n) is 4.29. The van der Waals surface area contributed by atoms with Crippen LogP contribution in [-0.4, -0.2) is 11.7 Å². The lowest BCUT2D eigenvalue weighted by molar-refractivity contribution is 1.06. The van der Waals surface area contributed by atoms with Crippen LogP contribution < -0.4 is 5.73 Å². The van der Waals surface area contributed by atoms with Gasteiger partial charge >= 0.3 is 0 Å². The molecule has 0 bridgehead atoms. The first kappa shape index (κ1) is 24.0. The lowest BCUT2D eigenvalue weighted by atomic mass is 10.0. The van der Waals surface area contributed by atoms with Crippen LogP contribution in [0.15, 0.2) is 143 Å². The molecule has 3 nitrogen and oxygen atoms in total. The molecule has 37 heavy (non-hydrogen) atoms. The molecule has 180 valence electrons. The molecule has 0 aromatic heterocycles. The molecular formula is C34H29N3. The first-order valence-electron chi connectivity index (χ1n) is 12.4. The van der Waals surface area contributed by atoms with Crippen LogP contribution in [0.5, 0.6) is 0 Å². The molecule has 0 atom stereocenters. The van der Waals surface area contributed by atoms with E-state index >= 15 is 0 Å². The second kappa shape index (κ2) is 11.3. The molecule has 0 spiro atoms. The van der Waals surface area contributed by atoms with E-state index in [1.165, 1.54) is 11.1 Å². The van der Waals surface area contributed by atoms with Gasteiger partial charge in [-0.1, -0.05) is 121 Å². The van der Waals surface area contributed by atoms with Gasteiger partial charge in [0.25, 0.3) is 0 Å². The number of rotatable bonds is 6. The van der Waals surface area contributed by atoms with Gasteiger partial charge in [0.1, 0.15) is 5.84 Å². The average molecular weight is 480 g/mol. The maximum Gasteiger partial charge on any atom is 0.157 e. The zero-order chi connectivity index (χ0) is 25.5. The third-order valence-corrected chi connectivity index (χ3v) is 6.21. The predicted molar refractivity (Wildman–Crippen MR) is 156 cm³/mol. The van der Waals surface area contributed by atoms with Crippen molar-refractivity contribution < 1.29 is 0 Å². The number of nitrogens with two attached hydrogens (primary N) is 1. The first-order chi connectivity index (χ1) is 18.2. The monoisotopic (exact) mass is 479 g/mol. The van der Waals surface area contributed by atoms with Gasteiger partial charge in [0.2, 0.25) is 0 Å². The summed E-state index contributed by atoms with van der Waals surface area (Å²) in [5.41, 5.74) is 15.2. The second-order valence-corrected chi connectivity index (χ2v) is 9.02. The highest BCUT2D eigenvalue weighted by Crippen LogP contribution is 2.22. The third kappa shape index (κ3) is 6.09. The molecule has 0 aliphatic heterocycles. The van der Waals surface area contributed by atoms with Gasteiger partial charge in [-0.3, -0.25) is 4.99 Å². The van der Waals surface area contributed by atoms with Crippen LogP contribution in [0.2, 0.25) is 0 Å². The molecule has 0 unspecified atom stereocenters. The summed E-state index contributed by atoms with van der Waals surface area (Å²) in [5, 5.41) is 0. The van der Waals surface area contributed by atoms with E-state index in [0.717, 1.165) is 33.4 Å². The number of amidine groups is 2. The van der Waals surface area contributed by atoms with Gasteiger partial charge in [-0.15, -0.1) is 0 Å². The highest BCUT2D eigenvalue weighted by atomic mass is 15.0. The largest absolute Gasteiger partial charge is 0.383 e. The molecule has 0 fully saturated rings. The van der Waals surface area contributed by atoms with Gasteiger partial charge in [-0.2, -0.15) is 0 Å². The van der Waals surface area contributed by atoms with Crippen molar-refractivity contribution in [2.24, 2.45) is 15.7 Å². The normalized spacial score (nSPS) is 11.9. The molecule has 3 heteroatoms. The SMILES string of the molecule is Cc1cccc(C(N=C(N)c2cccc(-c3ccccc3)c2)=NCc2cccc(-c3ccccc3)c2)c1. The summed E-state index contributed by atoms with van der Waals surface area (Å²) in [7, 11) is 0. The standard InChI is InChI=1S/C34H29N3/c1-25-11-8-20-32(21-25)34(36-24-26-12-9-17-29(22-26)27-13-4-2-5-14-27)37-33(35)31-19-10-18-30(23-31)28-15-6-3-7-16-28/h2-23H,24H2,1H3,(H2,35,36,37). The number of nitrogens with zero attached hydrogens (tertiary/aromatic N) is 2. The summed E-state index contributed by atoms with van der Waals surface area (Å²) in [6, 6.07) is 45.5. The van der Waals surface area contributed by atoms with Crippen LogP contribution in [0.25, 0.3) is 22.3 Å². The Kier molecular flexibility index (Phi) is 7.33. The summed E-state index contributed by atoms with van der Waals surface area (Å²) in [4.78, 5) is 9.77. The van der Waals surface area contributed by atoms with Crippen molar-refractivity contribution in [2.45, 2.75) is 13.5 Å². The van der Waals surface area contributed by atoms with E-state index in [9.17, 15) is 0 Å². The molecule has 5 aromatic rings. The van der Waals surface area contributed by atoms with Crippen molar-refractivity contribution >= 4 is 11.7 Å². The van der Waals surface area contributed by atoms with Crippen LogP contribution in [0.1, 0.15) is 22.3 Å². The number of hydrogen-bond donors (Lipinski definition) is 1. The first-order valence-corrected chi connectivity index (χ1v) is 12.4. The van der Waals surface area contributed by atoms with Crippen molar-refractivity contribution in [3.8, 4) is 22.3 Å².